The van der Waals surface area contributed by atoms with E-state index in [-0.39, 0.29) is 31.2 Å². The highest BCUT2D eigenvalue weighted by molar-refractivity contribution is 5.27. The van der Waals surface area contributed by atoms with E-state index < -0.39 is 17.7 Å². The van der Waals surface area contributed by atoms with Crippen LogP contribution in [0.3, 0.4) is 0 Å². The summed E-state index contributed by atoms with van der Waals surface area (Å²) in [5.74, 6) is -1.74. The average molecular weight is 324 g/mol. The van der Waals surface area contributed by atoms with Gasteiger partial charge in [-0.05, 0) is 31.2 Å². The number of hydrogen-bond donors (Lipinski definition) is 3. The Morgan fingerprint density at radius 1 is 1.22 bits per heavy atom. The molecule has 23 heavy (non-hydrogen) atoms. The lowest BCUT2D eigenvalue weighted by molar-refractivity contribution is 0.106. The van der Waals surface area contributed by atoms with Crippen LogP contribution < -0.4 is 10.1 Å². The number of aromatic nitrogens is 1. The normalized spacial score (nSPS) is 12.2. The van der Waals surface area contributed by atoms with Crippen molar-refractivity contribution < 1.29 is 23.7 Å². The topological polar surface area (TPSA) is 74.6 Å². The monoisotopic (exact) mass is 324 g/mol. The number of nitrogens with one attached hydrogen (secondary N) is 1. The van der Waals surface area contributed by atoms with Gasteiger partial charge in [0, 0.05) is 24.8 Å². The third-order valence-corrected chi connectivity index (χ3v) is 3.10. The molecule has 124 valence electrons. The standard InChI is InChI=1S/C16H18F2N2O3/c1-10-2-5-16(22)15(20-10)8-19-7-11(21)9-23-12-3-4-13(17)14(18)6-12/h2-6,11,19,21-22H,7-9H2,1H3. The Labute approximate surface area is 132 Å². The zero-order valence-electron chi connectivity index (χ0n) is 12.6. The summed E-state index contributed by atoms with van der Waals surface area (Å²) in [6.45, 7) is 2.22. The zero-order chi connectivity index (χ0) is 16.8. The lowest BCUT2D eigenvalue weighted by Gasteiger charge is -2.13. The Morgan fingerprint density at radius 3 is 2.74 bits per heavy atom. The molecule has 2 rings (SSSR count). The summed E-state index contributed by atoms with van der Waals surface area (Å²) in [6.07, 6.45) is -0.852. The smallest absolute Gasteiger partial charge is 0.162 e. The van der Waals surface area contributed by atoms with Gasteiger partial charge in [-0.3, -0.25) is 4.98 Å². The van der Waals surface area contributed by atoms with Crippen molar-refractivity contribution in [3.05, 3.63) is 53.4 Å². The molecule has 3 N–H and O–H groups in total. The summed E-state index contributed by atoms with van der Waals surface area (Å²) in [4.78, 5) is 4.18. The van der Waals surface area contributed by atoms with Crippen LogP contribution in [0, 0.1) is 18.6 Å². The van der Waals surface area contributed by atoms with Crippen molar-refractivity contribution in [1.82, 2.24) is 10.3 Å². The molecule has 0 fully saturated rings. The van der Waals surface area contributed by atoms with Crippen LogP contribution in [0.2, 0.25) is 0 Å². The number of aliphatic hydroxyl groups excluding tert-OH is 1. The molecule has 5 nitrogen and oxygen atoms in total. The second kappa shape index (κ2) is 7.85. The minimum atomic E-state index is -1.00. The molecular formula is C16H18F2N2O3. The molecule has 0 aliphatic rings. The third kappa shape index (κ3) is 5.15. The van der Waals surface area contributed by atoms with E-state index in [1.807, 2.05) is 6.92 Å². The predicted octanol–water partition coefficient (Wildman–Crippen LogP) is 1.90. The first-order valence-corrected chi connectivity index (χ1v) is 7.08. The maximum absolute atomic E-state index is 13.0. The number of hydrogen-bond acceptors (Lipinski definition) is 5. The van der Waals surface area contributed by atoms with E-state index in [0.717, 1.165) is 17.8 Å². The molecule has 2 aromatic rings. The van der Waals surface area contributed by atoms with Gasteiger partial charge in [0.2, 0.25) is 0 Å². The van der Waals surface area contributed by atoms with Crippen LogP contribution >= 0.6 is 0 Å². The van der Waals surface area contributed by atoms with Crippen molar-refractivity contribution in [2.45, 2.75) is 19.6 Å². The number of halogens is 2. The van der Waals surface area contributed by atoms with Crippen molar-refractivity contribution in [2.75, 3.05) is 13.2 Å². The van der Waals surface area contributed by atoms with Crippen molar-refractivity contribution in [1.29, 1.82) is 0 Å². The Morgan fingerprint density at radius 2 is 2.00 bits per heavy atom. The maximum Gasteiger partial charge on any atom is 0.162 e. The van der Waals surface area contributed by atoms with Gasteiger partial charge in [-0.15, -0.1) is 0 Å². The fourth-order valence-corrected chi connectivity index (χ4v) is 1.91. The minimum absolute atomic E-state index is 0.0781. The number of rotatable bonds is 7. The molecule has 1 heterocycles. The number of aliphatic hydroxyl groups is 1. The van der Waals surface area contributed by atoms with Gasteiger partial charge in [-0.2, -0.15) is 0 Å². The van der Waals surface area contributed by atoms with Crippen LogP contribution in [0.15, 0.2) is 30.3 Å². The predicted molar refractivity (Wildman–Crippen MR) is 80.2 cm³/mol. The summed E-state index contributed by atoms with van der Waals surface area (Å²) in [7, 11) is 0. The molecule has 1 aromatic heterocycles. The molecule has 1 aromatic carbocycles. The minimum Gasteiger partial charge on any atom is -0.506 e. The van der Waals surface area contributed by atoms with E-state index >= 15 is 0 Å². The second-order valence-corrected chi connectivity index (χ2v) is 5.09. The Hall–Kier alpha value is -2.25. The third-order valence-electron chi connectivity index (χ3n) is 3.10. The molecule has 0 amide bonds. The fraction of sp³-hybridized carbons (Fsp3) is 0.312. The second-order valence-electron chi connectivity index (χ2n) is 5.09. The van der Waals surface area contributed by atoms with E-state index in [1.165, 1.54) is 6.07 Å². The molecule has 0 saturated heterocycles. The highest BCUT2D eigenvalue weighted by Gasteiger charge is 2.09. The van der Waals surface area contributed by atoms with Crippen LogP contribution in [-0.2, 0) is 6.54 Å². The number of pyridine rings is 1. The molecule has 1 unspecified atom stereocenters. The largest absolute Gasteiger partial charge is 0.506 e. The van der Waals surface area contributed by atoms with Crippen LogP contribution in [0.5, 0.6) is 11.5 Å². The first kappa shape index (κ1) is 17.1. The van der Waals surface area contributed by atoms with Gasteiger partial charge in [-0.25, -0.2) is 8.78 Å². The molecule has 7 heteroatoms. The van der Waals surface area contributed by atoms with Crippen LogP contribution in [0.1, 0.15) is 11.4 Å². The van der Waals surface area contributed by atoms with Gasteiger partial charge in [0.15, 0.2) is 11.6 Å². The molecule has 0 aliphatic carbocycles. The first-order valence-electron chi connectivity index (χ1n) is 7.08. The number of ether oxygens (including phenoxy) is 1. The van der Waals surface area contributed by atoms with Crippen molar-refractivity contribution in [2.24, 2.45) is 0 Å². The summed E-state index contributed by atoms with van der Waals surface area (Å²) >= 11 is 0. The number of benzene rings is 1. The lowest BCUT2D eigenvalue weighted by atomic mass is 10.2. The lowest BCUT2D eigenvalue weighted by Crippen LogP contribution is -2.31. The van der Waals surface area contributed by atoms with Gasteiger partial charge < -0.3 is 20.3 Å². The molecule has 0 aliphatic heterocycles. The summed E-state index contributed by atoms with van der Waals surface area (Å²) < 4.78 is 31.0. The highest BCUT2D eigenvalue weighted by Crippen LogP contribution is 2.16. The van der Waals surface area contributed by atoms with Crippen molar-refractivity contribution >= 4 is 0 Å². The first-order chi connectivity index (χ1) is 11.0. The summed E-state index contributed by atoms with van der Waals surface area (Å²) in [5.41, 5.74) is 1.26. The summed E-state index contributed by atoms with van der Waals surface area (Å²) in [6, 6.07) is 6.42. The Balaban J connectivity index is 1.75. The van der Waals surface area contributed by atoms with Gasteiger partial charge in [-0.1, -0.05) is 0 Å². The number of aryl methyl sites for hydroxylation is 1. The van der Waals surface area contributed by atoms with E-state index in [0.29, 0.717) is 5.69 Å². The SMILES string of the molecule is Cc1ccc(O)c(CNCC(O)COc2ccc(F)c(F)c2)n1. The maximum atomic E-state index is 13.0. The Kier molecular flexibility index (Phi) is 5.84. The van der Waals surface area contributed by atoms with Crippen LogP contribution in [0.25, 0.3) is 0 Å². The Bertz CT molecular complexity index is 668. The van der Waals surface area contributed by atoms with E-state index in [9.17, 15) is 19.0 Å². The quantitative estimate of drug-likeness (QED) is 0.725. The zero-order valence-corrected chi connectivity index (χ0v) is 12.6. The van der Waals surface area contributed by atoms with E-state index in [1.54, 1.807) is 12.1 Å². The molecule has 0 bridgehead atoms. The fourth-order valence-electron chi connectivity index (χ4n) is 1.91. The van der Waals surface area contributed by atoms with Gasteiger partial charge in [0.1, 0.15) is 24.2 Å². The average Bonchev–Trinajstić information content (AvgIpc) is 2.52. The number of aromatic hydroxyl groups is 1. The van der Waals surface area contributed by atoms with Gasteiger partial charge in [0.25, 0.3) is 0 Å². The van der Waals surface area contributed by atoms with E-state index in [2.05, 4.69) is 10.3 Å². The van der Waals surface area contributed by atoms with Crippen LogP contribution in [-0.4, -0.2) is 34.5 Å². The molecule has 0 spiro atoms. The molecule has 0 saturated carbocycles. The molecule has 0 radical (unpaired) electrons. The summed E-state index contributed by atoms with van der Waals surface area (Å²) in [5, 5.41) is 22.4. The molecular weight excluding hydrogens is 306 g/mol. The van der Waals surface area contributed by atoms with Gasteiger partial charge in [0.05, 0.1) is 5.69 Å². The van der Waals surface area contributed by atoms with Gasteiger partial charge >= 0.3 is 0 Å². The van der Waals surface area contributed by atoms with Crippen molar-refractivity contribution in [3.8, 4) is 11.5 Å². The molecule has 1 atom stereocenters. The van der Waals surface area contributed by atoms with Crippen LogP contribution in [0.4, 0.5) is 8.78 Å². The van der Waals surface area contributed by atoms with E-state index in [4.69, 9.17) is 4.74 Å². The number of nitrogens with zero attached hydrogens (tertiary/aromatic N) is 1. The van der Waals surface area contributed by atoms with Crippen molar-refractivity contribution in [3.63, 3.8) is 0 Å². The highest BCUT2D eigenvalue weighted by atomic mass is 19.2.